The summed E-state index contributed by atoms with van der Waals surface area (Å²) in [7, 11) is 0. The van der Waals surface area contributed by atoms with Gasteiger partial charge in [-0.15, -0.1) is 0 Å². The van der Waals surface area contributed by atoms with Gasteiger partial charge in [-0.25, -0.2) is 4.68 Å². The van der Waals surface area contributed by atoms with E-state index in [-0.39, 0.29) is 23.9 Å². The molecule has 0 aliphatic carbocycles. The second-order valence-corrected chi connectivity index (χ2v) is 7.19. The van der Waals surface area contributed by atoms with Gasteiger partial charge in [0, 0.05) is 17.5 Å². The van der Waals surface area contributed by atoms with Gasteiger partial charge in [0.25, 0.3) is 0 Å². The van der Waals surface area contributed by atoms with E-state index in [1.165, 1.54) is 12.1 Å². The van der Waals surface area contributed by atoms with E-state index in [0.717, 1.165) is 22.4 Å². The summed E-state index contributed by atoms with van der Waals surface area (Å²) in [5.41, 5.74) is 4.99. The summed E-state index contributed by atoms with van der Waals surface area (Å²) >= 11 is 0. The molecule has 1 atom stereocenters. The second-order valence-electron chi connectivity index (χ2n) is 7.19. The zero-order chi connectivity index (χ0) is 20.0. The van der Waals surface area contributed by atoms with Gasteiger partial charge in [-0.2, -0.15) is 5.10 Å². The number of hydrogen-bond acceptors (Lipinski definition) is 4. The van der Waals surface area contributed by atoms with E-state index in [1.54, 1.807) is 16.8 Å². The number of Topliss-reactive ketones (excluding diaryl/α,β-unsaturated/α-hetero) is 1. The van der Waals surface area contributed by atoms with Crippen molar-refractivity contribution in [1.82, 2.24) is 9.78 Å². The van der Waals surface area contributed by atoms with E-state index >= 15 is 0 Å². The first-order valence-corrected chi connectivity index (χ1v) is 9.16. The number of benzene rings is 2. The number of aryl methyl sites for hydroxylation is 2. The number of ketones is 1. The molecule has 142 valence electrons. The number of aromatic hydroxyl groups is 1. The molecule has 1 aliphatic rings. The Bertz CT molecular complexity index is 1100. The third-order valence-corrected chi connectivity index (χ3v) is 5.38. The number of nitrogens with one attached hydrogen (secondary N) is 1. The normalized spacial score (nSPS) is 15.8. The van der Waals surface area contributed by atoms with E-state index < -0.39 is 5.92 Å². The monoisotopic (exact) mass is 375 g/mol. The molecule has 6 nitrogen and oxygen atoms in total. The fourth-order valence-corrected chi connectivity index (χ4v) is 3.74. The number of carbonyl (C=O) groups is 2. The van der Waals surface area contributed by atoms with Crippen LogP contribution in [0.15, 0.2) is 42.5 Å². The highest BCUT2D eigenvalue weighted by molar-refractivity contribution is 6.08. The van der Waals surface area contributed by atoms with Crippen molar-refractivity contribution in [3.63, 3.8) is 0 Å². The molecule has 0 spiro atoms. The van der Waals surface area contributed by atoms with Crippen LogP contribution in [0.2, 0.25) is 0 Å². The average Bonchev–Trinajstić information content (AvgIpc) is 2.99. The molecule has 4 rings (SSSR count). The number of nitrogens with zero attached hydrogens (tertiary/aromatic N) is 2. The molecule has 0 fully saturated rings. The molecule has 2 heterocycles. The Balaban J connectivity index is 1.84. The molecular formula is C22H21N3O3. The molecule has 6 heteroatoms. The lowest BCUT2D eigenvalue weighted by Crippen LogP contribution is -2.28. The summed E-state index contributed by atoms with van der Waals surface area (Å²) < 4.78 is 1.72. The zero-order valence-corrected chi connectivity index (χ0v) is 16.0. The standard InChI is InChI=1S/C22H21N3O3/c1-12-5-4-6-18(13(12)2)25-22-20(14(3)24-25)17(11-19(27)23-22)21(28)15-7-9-16(26)10-8-15/h4-10,17,26H,11H2,1-3H3,(H,23,27)/t17-/m1/s1. The van der Waals surface area contributed by atoms with E-state index in [2.05, 4.69) is 10.4 Å². The van der Waals surface area contributed by atoms with Gasteiger partial charge in [-0.3, -0.25) is 9.59 Å². The van der Waals surface area contributed by atoms with Crippen LogP contribution in [-0.4, -0.2) is 26.6 Å². The van der Waals surface area contributed by atoms with Crippen LogP contribution in [0.3, 0.4) is 0 Å². The fraction of sp³-hybridized carbons (Fsp3) is 0.227. The molecule has 3 aromatic rings. The van der Waals surface area contributed by atoms with Gasteiger partial charge >= 0.3 is 0 Å². The number of aromatic nitrogens is 2. The van der Waals surface area contributed by atoms with Crippen molar-refractivity contribution in [2.24, 2.45) is 0 Å². The molecule has 2 aromatic carbocycles. The lowest BCUT2D eigenvalue weighted by molar-refractivity contribution is -0.116. The number of hydrogen-bond donors (Lipinski definition) is 2. The molecule has 0 radical (unpaired) electrons. The first kappa shape index (κ1) is 18.0. The van der Waals surface area contributed by atoms with E-state index in [0.29, 0.717) is 17.1 Å². The summed E-state index contributed by atoms with van der Waals surface area (Å²) in [4.78, 5) is 25.6. The summed E-state index contributed by atoms with van der Waals surface area (Å²) in [5.74, 6) is -0.319. The maximum Gasteiger partial charge on any atom is 0.226 e. The number of fused-ring (bicyclic) bond motifs is 1. The Morgan fingerprint density at radius 3 is 2.57 bits per heavy atom. The Kier molecular flexibility index (Phi) is 4.26. The van der Waals surface area contributed by atoms with Crippen LogP contribution in [0.25, 0.3) is 5.69 Å². The van der Waals surface area contributed by atoms with Gasteiger partial charge < -0.3 is 10.4 Å². The van der Waals surface area contributed by atoms with Gasteiger partial charge in [-0.05, 0) is 62.2 Å². The number of phenols is 1. The topological polar surface area (TPSA) is 84.2 Å². The molecule has 0 saturated carbocycles. The molecule has 28 heavy (non-hydrogen) atoms. The lowest BCUT2D eigenvalue weighted by Gasteiger charge is -2.23. The summed E-state index contributed by atoms with van der Waals surface area (Å²) in [6.45, 7) is 5.89. The average molecular weight is 375 g/mol. The summed E-state index contributed by atoms with van der Waals surface area (Å²) in [6, 6.07) is 12.0. The molecule has 0 saturated heterocycles. The highest BCUT2D eigenvalue weighted by Gasteiger charge is 2.36. The van der Waals surface area contributed by atoms with Gasteiger partial charge in [0.05, 0.1) is 17.3 Å². The van der Waals surface area contributed by atoms with Crippen LogP contribution in [0, 0.1) is 20.8 Å². The Hall–Kier alpha value is -3.41. The van der Waals surface area contributed by atoms with Gasteiger partial charge in [-0.1, -0.05) is 12.1 Å². The van der Waals surface area contributed by atoms with Crippen molar-refractivity contribution in [2.75, 3.05) is 5.32 Å². The summed E-state index contributed by atoms with van der Waals surface area (Å²) in [6.07, 6.45) is 0.0754. The Labute approximate surface area is 162 Å². The van der Waals surface area contributed by atoms with Crippen LogP contribution in [0.4, 0.5) is 5.82 Å². The number of phenolic OH excluding ortho intramolecular Hbond substituents is 1. The van der Waals surface area contributed by atoms with Crippen LogP contribution >= 0.6 is 0 Å². The van der Waals surface area contributed by atoms with Gasteiger partial charge in [0.1, 0.15) is 11.6 Å². The molecule has 2 N–H and O–H groups in total. The maximum absolute atomic E-state index is 13.1. The second kappa shape index (κ2) is 6.64. The van der Waals surface area contributed by atoms with Gasteiger partial charge in [0.2, 0.25) is 5.91 Å². The lowest BCUT2D eigenvalue weighted by atomic mass is 9.85. The quantitative estimate of drug-likeness (QED) is 0.682. The predicted molar refractivity (Wildman–Crippen MR) is 106 cm³/mol. The SMILES string of the molecule is Cc1cccc(-n2nc(C)c3c2NC(=O)C[C@H]3C(=O)c2ccc(O)cc2)c1C. The fourth-order valence-electron chi connectivity index (χ4n) is 3.74. The van der Waals surface area contributed by atoms with E-state index in [4.69, 9.17) is 0 Å². The third-order valence-electron chi connectivity index (χ3n) is 5.38. The van der Waals surface area contributed by atoms with E-state index in [9.17, 15) is 14.7 Å². The molecule has 0 bridgehead atoms. The minimum Gasteiger partial charge on any atom is -0.508 e. The summed E-state index contributed by atoms with van der Waals surface area (Å²) in [5, 5.41) is 17.0. The molecular weight excluding hydrogens is 354 g/mol. The molecule has 1 aliphatic heterocycles. The van der Waals surface area contributed by atoms with Gasteiger partial charge in [0.15, 0.2) is 5.78 Å². The smallest absolute Gasteiger partial charge is 0.226 e. The highest BCUT2D eigenvalue weighted by Crippen LogP contribution is 2.38. The van der Waals surface area contributed by atoms with Crippen LogP contribution in [-0.2, 0) is 4.79 Å². The number of anilines is 1. The minimum atomic E-state index is -0.604. The molecule has 1 aromatic heterocycles. The van der Waals surface area contributed by atoms with Crippen molar-refractivity contribution in [1.29, 1.82) is 0 Å². The highest BCUT2D eigenvalue weighted by atomic mass is 16.3. The van der Waals surface area contributed by atoms with Crippen LogP contribution < -0.4 is 5.32 Å². The Morgan fingerprint density at radius 2 is 1.86 bits per heavy atom. The molecule has 0 unspecified atom stereocenters. The largest absolute Gasteiger partial charge is 0.508 e. The maximum atomic E-state index is 13.1. The van der Waals surface area contributed by atoms with Crippen molar-refractivity contribution in [3.05, 3.63) is 70.4 Å². The number of rotatable bonds is 3. The van der Waals surface area contributed by atoms with Crippen molar-refractivity contribution < 1.29 is 14.7 Å². The van der Waals surface area contributed by atoms with Crippen LogP contribution in [0.1, 0.15) is 45.1 Å². The van der Waals surface area contributed by atoms with Crippen LogP contribution in [0.5, 0.6) is 5.75 Å². The number of amides is 1. The van der Waals surface area contributed by atoms with E-state index in [1.807, 2.05) is 39.0 Å². The first-order valence-electron chi connectivity index (χ1n) is 9.16. The number of carbonyl (C=O) groups excluding carboxylic acids is 2. The molecule has 1 amide bonds. The third kappa shape index (κ3) is 2.87. The minimum absolute atomic E-state index is 0.0754. The zero-order valence-electron chi connectivity index (χ0n) is 16.0. The Morgan fingerprint density at radius 1 is 1.14 bits per heavy atom. The van der Waals surface area contributed by atoms with Crippen molar-refractivity contribution >= 4 is 17.5 Å². The first-order chi connectivity index (χ1) is 13.4. The van der Waals surface area contributed by atoms with Crippen molar-refractivity contribution in [3.8, 4) is 11.4 Å². The van der Waals surface area contributed by atoms with Crippen molar-refractivity contribution in [2.45, 2.75) is 33.1 Å². The predicted octanol–water partition coefficient (Wildman–Crippen LogP) is 3.81.